The van der Waals surface area contributed by atoms with Crippen LogP contribution in [-0.4, -0.2) is 9.97 Å². The number of nitrogens with zero attached hydrogens (tertiary/aromatic N) is 2. The summed E-state index contributed by atoms with van der Waals surface area (Å²) in [5, 5.41) is 7.38. The van der Waals surface area contributed by atoms with Crippen molar-refractivity contribution in [2.45, 2.75) is 6.92 Å². The first-order valence-electron chi connectivity index (χ1n) is 9.35. The third-order valence-electron chi connectivity index (χ3n) is 5.33. The fraction of sp³-hybridized carbons (Fsp3) is 0.0400. The summed E-state index contributed by atoms with van der Waals surface area (Å²) < 4.78 is 1.26. The highest BCUT2D eigenvalue weighted by atomic mass is 32.1. The second-order valence-electron chi connectivity index (χ2n) is 7.16. The lowest BCUT2D eigenvalue weighted by atomic mass is 10.0. The summed E-state index contributed by atoms with van der Waals surface area (Å²) in [5.41, 5.74) is 2.16. The number of fused-ring (bicyclic) bond motifs is 5. The molecule has 6 rings (SSSR count). The first kappa shape index (κ1) is 15.7. The first-order valence-corrected chi connectivity index (χ1v) is 10.2. The Hall–Kier alpha value is -3.30. The number of aromatic nitrogens is 2. The molecule has 2 nitrogen and oxygen atoms in total. The highest BCUT2D eigenvalue weighted by Crippen LogP contribution is 2.40. The summed E-state index contributed by atoms with van der Waals surface area (Å²) in [4.78, 5) is 10.7. The van der Waals surface area contributed by atoms with Gasteiger partial charge in [0.25, 0.3) is 0 Å². The van der Waals surface area contributed by atoms with Gasteiger partial charge in [-0.3, -0.25) is 0 Å². The molecule has 0 unspecified atom stereocenters. The molecule has 6 aromatic rings. The van der Waals surface area contributed by atoms with Crippen LogP contribution in [0.25, 0.3) is 53.1 Å². The molecule has 0 N–H and O–H groups in total. The zero-order valence-corrected chi connectivity index (χ0v) is 16.1. The van der Waals surface area contributed by atoms with Crippen LogP contribution in [0.1, 0.15) is 5.82 Å². The number of benzene rings is 4. The van der Waals surface area contributed by atoms with Crippen molar-refractivity contribution in [1.82, 2.24) is 9.97 Å². The number of rotatable bonds is 1. The molecule has 0 aliphatic rings. The predicted octanol–water partition coefficient (Wildman–Crippen LogP) is 7.13. The molecule has 3 heteroatoms. The van der Waals surface area contributed by atoms with E-state index in [4.69, 9.17) is 9.97 Å². The van der Waals surface area contributed by atoms with Crippen molar-refractivity contribution in [2.24, 2.45) is 0 Å². The number of hydrogen-bond donors (Lipinski definition) is 0. The van der Waals surface area contributed by atoms with Gasteiger partial charge in [0.15, 0.2) is 0 Å². The fourth-order valence-electron chi connectivity index (χ4n) is 4.01. The summed E-state index contributed by atoms with van der Waals surface area (Å²) in [7, 11) is 0. The van der Waals surface area contributed by atoms with E-state index in [9.17, 15) is 0 Å². The van der Waals surface area contributed by atoms with Crippen LogP contribution < -0.4 is 0 Å². The summed E-state index contributed by atoms with van der Waals surface area (Å²) in [6.45, 7) is 1.98. The van der Waals surface area contributed by atoms with Crippen LogP contribution in [0.5, 0.6) is 0 Å². The van der Waals surface area contributed by atoms with Gasteiger partial charge in [-0.05, 0) is 46.7 Å². The highest BCUT2D eigenvalue weighted by Gasteiger charge is 2.15. The minimum Gasteiger partial charge on any atom is -0.232 e. The smallest absolute Gasteiger partial charge is 0.128 e. The normalized spacial score (nSPS) is 11.8. The lowest BCUT2D eigenvalue weighted by Gasteiger charge is -2.07. The molecule has 0 amide bonds. The van der Waals surface area contributed by atoms with Crippen LogP contribution in [0.2, 0.25) is 0 Å². The Labute approximate surface area is 166 Å². The van der Waals surface area contributed by atoms with Crippen molar-refractivity contribution in [2.75, 3.05) is 0 Å². The monoisotopic (exact) mass is 376 g/mol. The molecule has 2 aromatic heterocycles. The first-order chi connectivity index (χ1) is 13.8. The van der Waals surface area contributed by atoms with E-state index in [-0.39, 0.29) is 0 Å². The van der Waals surface area contributed by atoms with Crippen molar-refractivity contribution < 1.29 is 0 Å². The maximum atomic E-state index is 4.88. The van der Waals surface area contributed by atoms with Crippen LogP contribution in [0.4, 0.5) is 0 Å². The van der Waals surface area contributed by atoms with Gasteiger partial charge in [0.05, 0.1) is 5.69 Å². The Morgan fingerprint density at radius 3 is 2.14 bits per heavy atom. The third-order valence-corrected chi connectivity index (χ3v) is 6.38. The molecule has 0 aliphatic heterocycles. The molecule has 0 spiro atoms. The van der Waals surface area contributed by atoms with Crippen LogP contribution in [0, 0.1) is 6.92 Å². The van der Waals surface area contributed by atoms with Gasteiger partial charge in [-0.2, -0.15) is 0 Å². The number of hydrogen-bond acceptors (Lipinski definition) is 3. The number of aryl methyl sites for hydroxylation is 1. The largest absolute Gasteiger partial charge is 0.232 e. The molecule has 0 atom stereocenters. The van der Waals surface area contributed by atoms with Gasteiger partial charge in [0, 0.05) is 21.0 Å². The van der Waals surface area contributed by atoms with Crippen LogP contribution in [0.3, 0.4) is 0 Å². The van der Waals surface area contributed by atoms with E-state index in [2.05, 4.69) is 78.9 Å². The maximum absolute atomic E-state index is 4.88. The molecule has 2 heterocycles. The molecule has 0 radical (unpaired) electrons. The Balaban J connectivity index is 1.73. The Morgan fingerprint density at radius 1 is 0.679 bits per heavy atom. The Morgan fingerprint density at radius 2 is 1.36 bits per heavy atom. The Bertz CT molecular complexity index is 1530. The second kappa shape index (κ2) is 5.85. The van der Waals surface area contributed by atoms with Gasteiger partial charge in [-0.25, -0.2) is 9.97 Å². The SMILES string of the molecule is Cc1nc(-c2ccc3ccccc3c2)c2c(n1)sc1cc3ccccc3cc12. The zero-order chi connectivity index (χ0) is 18.7. The quantitative estimate of drug-likeness (QED) is 0.305. The van der Waals surface area contributed by atoms with E-state index < -0.39 is 0 Å². The summed E-state index contributed by atoms with van der Waals surface area (Å²) in [6.07, 6.45) is 0. The topological polar surface area (TPSA) is 25.8 Å². The lowest BCUT2D eigenvalue weighted by Crippen LogP contribution is -1.92. The minimum absolute atomic E-state index is 0.812. The van der Waals surface area contributed by atoms with E-state index in [1.165, 1.54) is 31.6 Å². The number of thiophene rings is 1. The Kier molecular flexibility index (Phi) is 3.28. The molecular weight excluding hydrogens is 360 g/mol. The summed E-state index contributed by atoms with van der Waals surface area (Å²) >= 11 is 1.75. The lowest BCUT2D eigenvalue weighted by molar-refractivity contribution is 1.10. The van der Waals surface area contributed by atoms with Crippen molar-refractivity contribution >= 4 is 53.2 Å². The average Bonchev–Trinajstić information content (AvgIpc) is 3.07. The van der Waals surface area contributed by atoms with Crippen LogP contribution in [-0.2, 0) is 0 Å². The van der Waals surface area contributed by atoms with Gasteiger partial charge in [0.2, 0.25) is 0 Å². The summed E-state index contributed by atoms with van der Waals surface area (Å²) in [5.74, 6) is 0.812. The molecular formula is C25H16N2S. The summed E-state index contributed by atoms with van der Waals surface area (Å²) in [6, 6.07) is 28.1. The van der Waals surface area contributed by atoms with E-state index >= 15 is 0 Å². The van der Waals surface area contributed by atoms with Gasteiger partial charge in [-0.1, -0.05) is 60.7 Å². The van der Waals surface area contributed by atoms with Crippen molar-refractivity contribution in [3.63, 3.8) is 0 Å². The van der Waals surface area contributed by atoms with Crippen molar-refractivity contribution in [3.8, 4) is 11.3 Å². The zero-order valence-electron chi connectivity index (χ0n) is 15.3. The van der Waals surface area contributed by atoms with Gasteiger partial charge in [0.1, 0.15) is 10.7 Å². The fourth-order valence-corrected chi connectivity index (χ4v) is 5.16. The van der Waals surface area contributed by atoms with Crippen LogP contribution in [0.15, 0.2) is 78.9 Å². The van der Waals surface area contributed by atoms with E-state index in [0.717, 1.165) is 27.3 Å². The molecule has 4 aromatic carbocycles. The van der Waals surface area contributed by atoms with Crippen LogP contribution >= 0.6 is 11.3 Å². The highest BCUT2D eigenvalue weighted by molar-refractivity contribution is 7.25. The van der Waals surface area contributed by atoms with E-state index in [1.54, 1.807) is 11.3 Å². The molecule has 132 valence electrons. The van der Waals surface area contributed by atoms with Crippen molar-refractivity contribution in [1.29, 1.82) is 0 Å². The molecule has 0 saturated carbocycles. The average molecular weight is 376 g/mol. The van der Waals surface area contributed by atoms with Crippen molar-refractivity contribution in [3.05, 3.63) is 84.7 Å². The molecule has 0 fully saturated rings. The molecule has 0 aliphatic carbocycles. The molecule has 0 bridgehead atoms. The van der Waals surface area contributed by atoms with E-state index in [0.29, 0.717) is 0 Å². The maximum Gasteiger partial charge on any atom is 0.128 e. The second-order valence-corrected chi connectivity index (χ2v) is 8.19. The standard InChI is InChI=1S/C25H16N2S/c1-15-26-24(20-11-10-16-6-2-3-7-17(16)12-20)23-21-13-18-8-4-5-9-19(18)14-22(21)28-25(23)27-15/h2-14H,1H3. The van der Waals surface area contributed by atoms with Gasteiger partial charge in [-0.15, -0.1) is 11.3 Å². The molecule has 28 heavy (non-hydrogen) atoms. The third kappa shape index (κ3) is 2.33. The predicted molar refractivity (Wildman–Crippen MR) is 120 cm³/mol. The van der Waals surface area contributed by atoms with E-state index in [1.807, 2.05) is 6.92 Å². The minimum atomic E-state index is 0.812. The van der Waals surface area contributed by atoms with Gasteiger partial charge < -0.3 is 0 Å². The van der Waals surface area contributed by atoms with Gasteiger partial charge >= 0.3 is 0 Å². The molecule has 0 saturated heterocycles.